The van der Waals surface area contributed by atoms with E-state index >= 15 is 0 Å². The molecule has 1 aliphatic rings. The number of para-hydroxylation sites is 1. The summed E-state index contributed by atoms with van der Waals surface area (Å²) in [6.45, 7) is 1.41. The largest absolute Gasteiger partial charge is 0.365 e. The first-order chi connectivity index (χ1) is 14.3. The van der Waals surface area contributed by atoms with Crippen LogP contribution in [0.25, 0.3) is 0 Å². The van der Waals surface area contributed by atoms with Crippen molar-refractivity contribution >= 4 is 23.3 Å². The zero-order valence-electron chi connectivity index (χ0n) is 17.3. The Labute approximate surface area is 176 Å². The zero-order valence-corrected chi connectivity index (χ0v) is 17.3. The minimum Gasteiger partial charge on any atom is -0.365 e. The second-order valence-corrected chi connectivity index (χ2v) is 7.87. The van der Waals surface area contributed by atoms with Gasteiger partial charge in [-0.05, 0) is 39.1 Å². The lowest BCUT2D eigenvalue weighted by Gasteiger charge is -2.41. The number of piperidine rings is 1. The van der Waals surface area contributed by atoms with E-state index in [2.05, 4.69) is 16.5 Å². The highest BCUT2D eigenvalue weighted by atomic mass is 16.2. The van der Waals surface area contributed by atoms with Crippen molar-refractivity contribution in [1.29, 1.82) is 5.26 Å². The van der Waals surface area contributed by atoms with Crippen LogP contribution in [-0.4, -0.2) is 65.1 Å². The van der Waals surface area contributed by atoms with Crippen molar-refractivity contribution in [2.75, 3.05) is 39.0 Å². The number of aromatic nitrogens is 2. The third kappa shape index (κ3) is 4.60. The molecular weight excluding hydrogens is 382 g/mol. The van der Waals surface area contributed by atoms with Crippen molar-refractivity contribution in [2.45, 2.75) is 24.8 Å². The van der Waals surface area contributed by atoms with Gasteiger partial charge in [-0.2, -0.15) is 10.4 Å². The minimum absolute atomic E-state index is 0.0651. The highest BCUT2D eigenvalue weighted by Crippen LogP contribution is 2.35. The summed E-state index contributed by atoms with van der Waals surface area (Å²) >= 11 is 0. The molecule has 0 radical (unpaired) electrons. The summed E-state index contributed by atoms with van der Waals surface area (Å²) in [4.78, 5) is 28.1. The van der Waals surface area contributed by atoms with Crippen LogP contribution in [0.1, 0.15) is 29.6 Å². The molecule has 30 heavy (non-hydrogen) atoms. The van der Waals surface area contributed by atoms with E-state index < -0.39 is 11.4 Å². The molecule has 0 atom stereocenters. The van der Waals surface area contributed by atoms with Crippen molar-refractivity contribution in [2.24, 2.45) is 5.73 Å². The normalized spacial score (nSPS) is 15.6. The first-order valence-electron chi connectivity index (χ1n) is 9.86. The number of likely N-dealkylation sites (N-methyl/N-ethyl adjacent to an activating group) is 1. The molecule has 3 N–H and O–H groups in total. The molecular formula is C21H27N7O2. The van der Waals surface area contributed by atoms with Crippen LogP contribution in [0, 0.1) is 11.3 Å². The Hall–Kier alpha value is -3.38. The number of hydrogen-bond donors (Lipinski definition) is 2. The lowest BCUT2D eigenvalue weighted by atomic mass is 9.85. The molecule has 2 aromatic rings. The van der Waals surface area contributed by atoms with Gasteiger partial charge in [0.1, 0.15) is 5.56 Å². The van der Waals surface area contributed by atoms with Gasteiger partial charge in [-0.25, -0.2) is 0 Å². The maximum Gasteiger partial charge on any atom is 0.254 e. The third-order valence-electron chi connectivity index (χ3n) is 5.41. The monoisotopic (exact) mass is 409 g/mol. The van der Waals surface area contributed by atoms with Crippen molar-refractivity contribution in [3.05, 3.63) is 42.1 Å². The molecule has 0 aliphatic carbocycles. The highest BCUT2D eigenvalue weighted by Gasteiger charge is 2.39. The third-order valence-corrected chi connectivity index (χ3v) is 5.41. The van der Waals surface area contributed by atoms with Crippen LogP contribution in [0.3, 0.4) is 0 Å². The predicted octanol–water partition coefficient (Wildman–Crippen LogP) is 1.52. The van der Waals surface area contributed by atoms with E-state index in [-0.39, 0.29) is 17.9 Å². The van der Waals surface area contributed by atoms with E-state index in [4.69, 9.17) is 5.73 Å². The Balaban J connectivity index is 1.86. The molecule has 0 spiro atoms. The van der Waals surface area contributed by atoms with Crippen LogP contribution in [0.15, 0.2) is 36.5 Å². The van der Waals surface area contributed by atoms with E-state index in [0.717, 1.165) is 5.69 Å². The topological polar surface area (TPSA) is 120 Å². The van der Waals surface area contributed by atoms with Crippen LogP contribution < -0.4 is 11.1 Å². The molecule has 2 amide bonds. The number of likely N-dealkylation sites (tertiary alicyclic amines) is 1. The lowest BCUT2D eigenvalue weighted by molar-refractivity contribution is -0.134. The molecule has 1 fully saturated rings. The molecule has 1 aromatic heterocycles. The van der Waals surface area contributed by atoms with Crippen LogP contribution in [0.4, 0.5) is 11.5 Å². The van der Waals surface area contributed by atoms with Gasteiger partial charge in [-0.3, -0.25) is 14.3 Å². The summed E-state index contributed by atoms with van der Waals surface area (Å²) in [7, 11) is 3.72. The molecule has 1 aliphatic heterocycles. The maximum atomic E-state index is 12.4. The number of carbonyl (C=O) groups is 2. The molecule has 2 heterocycles. The van der Waals surface area contributed by atoms with Crippen LogP contribution in [0.2, 0.25) is 0 Å². The van der Waals surface area contributed by atoms with E-state index in [1.807, 2.05) is 54.2 Å². The van der Waals surface area contributed by atoms with Crippen molar-refractivity contribution < 1.29 is 9.59 Å². The predicted molar refractivity (Wildman–Crippen MR) is 113 cm³/mol. The zero-order chi connectivity index (χ0) is 21.7. The number of nitriles is 1. The average molecular weight is 409 g/mol. The smallest absolute Gasteiger partial charge is 0.254 e. The minimum atomic E-state index is -0.593. The molecule has 0 unspecified atom stereocenters. The van der Waals surface area contributed by atoms with Gasteiger partial charge in [0.2, 0.25) is 5.91 Å². The average Bonchev–Trinajstić information content (AvgIpc) is 3.14. The second-order valence-electron chi connectivity index (χ2n) is 7.87. The lowest BCUT2D eigenvalue weighted by Crippen LogP contribution is -2.50. The van der Waals surface area contributed by atoms with Gasteiger partial charge in [0.25, 0.3) is 5.91 Å². The fourth-order valence-corrected chi connectivity index (χ4v) is 3.72. The molecule has 9 heteroatoms. The summed E-state index contributed by atoms with van der Waals surface area (Å²) in [6.07, 6.45) is 2.99. The van der Waals surface area contributed by atoms with Crippen LogP contribution in [0.5, 0.6) is 0 Å². The quantitative estimate of drug-likeness (QED) is 0.715. The van der Waals surface area contributed by atoms with E-state index in [0.29, 0.717) is 38.3 Å². The van der Waals surface area contributed by atoms with Gasteiger partial charge in [0.05, 0.1) is 24.6 Å². The Kier molecular flexibility index (Phi) is 6.37. The number of hydrogen-bond acceptors (Lipinski definition) is 6. The number of carbonyl (C=O) groups excluding carboxylic acids is 2. The van der Waals surface area contributed by atoms with Crippen LogP contribution >= 0.6 is 0 Å². The number of amides is 2. The summed E-state index contributed by atoms with van der Waals surface area (Å²) in [6, 6.07) is 11.6. The summed E-state index contributed by atoms with van der Waals surface area (Å²) < 4.78 is 1.69. The van der Waals surface area contributed by atoms with Gasteiger partial charge < -0.3 is 20.9 Å². The SMILES string of the molecule is CN(C)CC(=O)N1CCC(CC#N)(n2cc(C(N)=O)c(Nc3ccccc3)n2)CC1. The summed E-state index contributed by atoms with van der Waals surface area (Å²) in [5.74, 6) is -0.169. The van der Waals surface area contributed by atoms with Gasteiger partial charge >= 0.3 is 0 Å². The molecule has 3 rings (SSSR count). The van der Waals surface area contributed by atoms with E-state index in [1.54, 1.807) is 10.9 Å². The number of nitrogens with one attached hydrogen (secondary N) is 1. The number of rotatable bonds is 7. The molecule has 1 saturated heterocycles. The second kappa shape index (κ2) is 8.97. The number of anilines is 2. The Bertz CT molecular complexity index is 938. The maximum absolute atomic E-state index is 12.4. The van der Waals surface area contributed by atoms with Gasteiger partial charge in [-0.15, -0.1) is 0 Å². The van der Waals surface area contributed by atoms with Gasteiger partial charge in [-0.1, -0.05) is 18.2 Å². The first-order valence-corrected chi connectivity index (χ1v) is 9.86. The molecule has 158 valence electrons. The molecule has 0 saturated carbocycles. The Morgan fingerprint density at radius 3 is 2.50 bits per heavy atom. The highest BCUT2D eigenvalue weighted by molar-refractivity contribution is 5.98. The Morgan fingerprint density at radius 1 is 1.27 bits per heavy atom. The fraction of sp³-hybridized carbons (Fsp3) is 0.429. The van der Waals surface area contributed by atoms with E-state index in [1.165, 1.54) is 0 Å². The number of benzene rings is 1. The van der Waals surface area contributed by atoms with Crippen molar-refractivity contribution in [3.63, 3.8) is 0 Å². The molecule has 1 aromatic carbocycles. The number of nitrogens with two attached hydrogens (primary N) is 1. The molecule has 9 nitrogen and oxygen atoms in total. The number of nitrogens with zero attached hydrogens (tertiary/aromatic N) is 5. The summed E-state index contributed by atoms with van der Waals surface area (Å²) in [5.41, 5.74) is 6.04. The van der Waals surface area contributed by atoms with E-state index in [9.17, 15) is 14.9 Å². The fourth-order valence-electron chi connectivity index (χ4n) is 3.72. The van der Waals surface area contributed by atoms with Crippen molar-refractivity contribution in [3.8, 4) is 6.07 Å². The first kappa shape index (κ1) is 21.3. The van der Waals surface area contributed by atoms with Gasteiger partial charge in [0, 0.05) is 25.0 Å². The standard InChI is InChI=1S/C21H27N7O2/c1-26(2)15-18(29)27-12-9-21(8-11-22,10-13-27)28-14-17(19(23)30)20(25-28)24-16-6-4-3-5-7-16/h3-7,14H,8-10,12-13,15H2,1-2H3,(H2,23,30)(H,24,25). The van der Waals surface area contributed by atoms with Crippen LogP contribution in [-0.2, 0) is 10.3 Å². The summed E-state index contributed by atoms with van der Waals surface area (Å²) in [5, 5.41) is 17.2. The van der Waals surface area contributed by atoms with Gasteiger partial charge in [0.15, 0.2) is 5.82 Å². The molecule has 0 bridgehead atoms. The Morgan fingerprint density at radius 2 is 1.93 bits per heavy atom. The van der Waals surface area contributed by atoms with Crippen molar-refractivity contribution in [1.82, 2.24) is 19.6 Å². The number of primary amides is 1.